The molecular weight excluding hydrogens is 426 g/mol. The van der Waals surface area contributed by atoms with Gasteiger partial charge in [-0.25, -0.2) is 0 Å². The van der Waals surface area contributed by atoms with Gasteiger partial charge in [-0.05, 0) is 29.5 Å². The van der Waals surface area contributed by atoms with E-state index in [9.17, 15) is 10.1 Å². The van der Waals surface area contributed by atoms with Crippen molar-refractivity contribution in [2.75, 3.05) is 33.9 Å². The number of nitrogens with zero attached hydrogens (tertiary/aromatic N) is 2. The van der Waals surface area contributed by atoms with Gasteiger partial charge in [0.1, 0.15) is 17.5 Å². The predicted molar refractivity (Wildman–Crippen MR) is 121 cm³/mol. The highest BCUT2D eigenvalue weighted by molar-refractivity contribution is 8.02. The molecule has 7 nitrogen and oxygen atoms in total. The van der Waals surface area contributed by atoms with E-state index in [4.69, 9.17) is 14.2 Å². The lowest BCUT2D eigenvalue weighted by Gasteiger charge is -2.39. The number of hydrogen-bond acceptors (Lipinski definition) is 6. The number of ether oxygens (including phenoxy) is 3. The molecule has 2 heterocycles. The average molecular weight is 453 g/mol. The highest BCUT2D eigenvalue weighted by Crippen LogP contribution is 2.45. The van der Waals surface area contributed by atoms with E-state index >= 15 is 0 Å². The topological polar surface area (TPSA) is 76.2 Å². The minimum Gasteiger partial charge on any atom is -0.493 e. The van der Waals surface area contributed by atoms with Crippen LogP contribution in [0.5, 0.6) is 17.2 Å². The van der Waals surface area contributed by atoms with Crippen molar-refractivity contribution in [3.05, 3.63) is 64.2 Å². The van der Waals surface area contributed by atoms with Crippen LogP contribution in [0, 0.1) is 11.3 Å². The quantitative estimate of drug-likeness (QED) is 0.726. The van der Waals surface area contributed by atoms with Gasteiger partial charge in [-0.3, -0.25) is 9.69 Å². The Labute approximate surface area is 192 Å². The van der Waals surface area contributed by atoms with Crippen LogP contribution in [-0.4, -0.2) is 44.7 Å². The Morgan fingerprint density at radius 2 is 1.81 bits per heavy atom. The highest BCUT2D eigenvalue weighted by atomic mass is 32.2. The fraction of sp³-hybridized carbons (Fsp3) is 0.333. The second kappa shape index (κ2) is 9.55. The lowest BCUT2D eigenvalue weighted by Crippen LogP contribution is -3.12. The summed E-state index contributed by atoms with van der Waals surface area (Å²) < 4.78 is 16.4. The molecular formula is C24H26N3O4S+. The largest absolute Gasteiger partial charge is 0.493 e. The molecule has 2 aromatic rings. The van der Waals surface area contributed by atoms with Gasteiger partial charge in [0, 0.05) is 17.9 Å². The van der Waals surface area contributed by atoms with Gasteiger partial charge in [0.25, 0.3) is 0 Å². The van der Waals surface area contributed by atoms with E-state index in [0.717, 1.165) is 23.0 Å². The van der Waals surface area contributed by atoms with Gasteiger partial charge >= 0.3 is 0 Å². The Kier molecular flexibility index (Phi) is 6.58. The average Bonchev–Trinajstić information content (AvgIpc) is 2.83. The SMILES string of the molecule is COc1cc([C@H]2CC(=O)N3C[NH+](Cc4ccccc4)CSC3=C2C#N)cc(OC)c1OC. The number of hydrogen-bond donors (Lipinski definition) is 1. The van der Waals surface area contributed by atoms with E-state index < -0.39 is 0 Å². The van der Waals surface area contributed by atoms with Gasteiger partial charge < -0.3 is 19.1 Å². The first-order valence-electron chi connectivity index (χ1n) is 10.3. The number of allylic oxidation sites excluding steroid dienone is 1. The molecule has 1 saturated heterocycles. The second-order valence-corrected chi connectivity index (χ2v) is 8.69. The number of quaternary nitrogens is 1. The van der Waals surface area contributed by atoms with Crippen molar-refractivity contribution < 1.29 is 23.9 Å². The van der Waals surface area contributed by atoms with Gasteiger partial charge in [0.2, 0.25) is 11.7 Å². The fourth-order valence-electron chi connectivity index (χ4n) is 4.25. The zero-order valence-electron chi connectivity index (χ0n) is 18.4. The van der Waals surface area contributed by atoms with Crippen LogP contribution in [0.3, 0.4) is 0 Å². The molecule has 0 saturated carbocycles. The number of fused-ring (bicyclic) bond motifs is 1. The first-order chi connectivity index (χ1) is 15.6. The Balaban J connectivity index is 1.65. The van der Waals surface area contributed by atoms with Crippen molar-refractivity contribution in [3.8, 4) is 23.3 Å². The minimum atomic E-state index is -0.351. The zero-order chi connectivity index (χ0) is 22.7. The molecule has 2 aromatic carbocycles. The molecule has 1 unspecified atom stereocenters. The predicted octanol–water partition coefficient (Wildman–Crippen LogP) is 2.51. The van der Waals surface area contributed by atoms with Crippen LogP contribution in [-0.2, 0) is 11.3 Å². The summed E-state index contributed by atoms with van der Waals surface area (Å²) in [4.78, 5) is 16.2. The summed E-state index contributed by atoms with van der Waals surface area (Å²) in [5, 5.41) is 10.8. The molecule has 0 aromatic heterocycles. The van der Waals surface area contributed by atoms with E-state index in [1.165, 1.54) is 10.5 Å². The van der Waals surface area contributed by atoms with Crippen molar-refractivity contribution in [1.29, 1.82) is 5.26 Å². The summed E-state index contributed by atoms with van der Waals surface area (Å²) in [6.45, 7) is 1.40. The molecule has 8 heteroatoms. The fourth-order valence-corrected chi connectivity index (χ4v) is 5.45. The molecule has 1 N–H and O–H groups in total. The van der Waals surface area contributed by atoms with E-state index in [-0.39, 0.29) is 18.2 Å². The number of benzene rings is 2. The molecule has 0 aliphatic carbocycles. The van der Waals surface area contributed by atoms with Gasteiger partial charge in [-0.2, -0.15) is 5.26 Å². The molecule has 2 atom stereocenters. The third-order valence-electron chi connectivity index (χ3n) is 5.81. The maximum atomic E-state index is 13.2. The monoisotopic (exact) mass is 452 g/mol. The maximum absolute atomic E-state index is 13.2. The molecule has 0 spiro atoms. The smallest absolute Gasteiger partial charge is 0.232 e. The van der Waals surface area contributed by atoms with Crippen molar-refractivity contribution in [2.24, 2.45) is 0 Å². The normalized spacial score (nSPS) is 20.4. The third-order valence-corrected chi connectivity index (χ3v) is 7.07. The molecule has 166 valence electrons. The molecule has 2 aliphatic rings. The van der Waals surface area contributed by atoms with Crippen LogP contribution in [0.2, 0.25) is 0 Å². The van der Waals surface area contributed by atoms with E-state index in [1.54, 1.807) is 38.0 Å². The van der Waals surface area contributed by atoms with Crippen molar-refractivity contribution in [3.63, 3.8) is 0 Å². The van der Waals surface area contributed by atoms with Gasteiger partial charge in [-0.1, -0.05) is 30.3 Å². The molecule has 0 radical (unpaired) electrons. The first kappa shape index (κ1) is 22.1. The van der Waals surface area contributed by atoms with Crippen LogP contribution in [0.25, 0.3) is 0 Å². The lowest BCUT2D eigenvalue weighted by atomic mass is 9.86. The zero-order valence-corrected chi connectivity index (χ0v) is 19.2. The summed E-state index contributed by atoms with van der Waals surface area (Å²) in [5.41, 5.74) is 2.65. The molecule has 1 amide bonds. The summed E-state index contributed by atoms with van der Waals surface area (Å²) in [6.07, 6.45) is 0.226. The molecule has 2 aliphatic heterocycles. The Bertz CT molecular complexity index is 1060. The van der Waals surface area contributed by atoms with Crippen LogP contribution < -0.4 is 19.1 Å². The summed E-state index contributed by atoms with van der Waals surface area (Å²) in [5.74, 6) is 1.97. The molecule has 0 bridgehead atoms. The number of carbonyl (C=O) groups excluding carboxylic acids is 1. The number of nitrogens with one attached hydrogen (secondary N) is 1. The number of methoxy groups -OCH3 is 3. The Morgan fingerprint density at radius 3 is 2.41 bits per heavy atom. The number of thioether (sulfide) groups is 1. The van der Waals surface area contributed by atoms with Crippen molar-refractivity contribution in [1.82, 2.24) is 4.90 Å². The van der Waals surface area contributed by atoms with Crippen molar-refractivity contribution >= 4 is 17.7 Å². The molecule has 4 rings (SSSR count). The van der Waals surface area contributed by atoms with Gasteiger partial charge in [0.15, 0.2) is 18.2 Å². The number of carbonyl (C=O) groups is 1. The lowest BCUT2D eigenvalue weighted by molar-refractivity contribution is -0.910. The van der Waals surface area contributed by atoms with Gasteiger partial charge in [0.05, 0.1) is 33.0 Å². The summed E-state index contributed by atoms with van der Waals surface area (Å²) in [6, 6.07) is 16.3. The Hall–Kier alpha value is -3.15. The van der Waals surface area contributed by atoms with Crippen LogP contribution in [0.4, 0.5) is 0 Å². The van der Waals surface area contributed by atoms with E-state index in [1.807, 2.05) is 30.3 Å². The maximum Gasteiger partial charge on any atom is 0.232 e. The van der Waals surface area contributed by atoms with E-state index in [2.05, 4.69) is 18.2 Å². The van der Waals surface area contributed by atoms with Crippen LogP contribution >= 0.6 is 11.8 Å². The standard InChI is InChI=1S/C24H25N3O4S/c1-29-20-9-17(10-21(30-2)23(20)31-3)18-11-22(28)27-14-26(13-16-7-5-4-6-8-16)15-32-24(27)19(18)12-25/h4-10,18H,11,13-15H2,1-3H3/p+1/t18-/m1/s1. The summed E-state index contributed by atoms with van der Waals surface area (Å²) >= 11 is 1.57. The Morgan fingerprint density at radius 1 is 1.12 bits per heavy atom. The molecule has 32 heavy (non-hydrogen) atoms. The number of rotatable bonds is 6. The van der Waals surface area contributed by atoms with Crippen LogP contribution in [0.1, 0.15) is 23.5 Å². The summed E-state index contributed by atoms with van der Waals surface area (Å²) in [7, 11) is 4.66. The van der Waals surface area contributed by atoms with E-state index in [0.29, 0.717) is 29.5 Å². The third kappa shape index (κ3) is 4.14. The molecule has 1 fully saturated rings. The highest BCUT2D eigenvalue weighted by Gasteiger charge is 2.40. The second-order valence-electron chi connectivity index (χ2n) is 7.73. The number of nitriles is 1. The first-order valence-corrected chi connectivity index (χ1v) is 11.3. The minimum absolute atomic E-state index is 0.0236. The van der Waals surface area contributed by atoms with Crippen molar-refractivity contribution in [2.45, 2.75) is 18.9 Å². The van der Waals surface area contributed by atoms with Gasteiger partial charge in [-0.15, -0.1) is 0 Å². The van der Waals surface area contributed by atoms with Crippen LogP contribution in [0.15, 0.2) is 53.1 Å². The number of amides is 1.